The average Bonchev–Trinajstić information content (AvgIpc) is 3.28. The first-order chi connectivity index (χ1) is 17.2. The maximum absolute atomic E-state index is 13.1. The summed E-state index contributed by atoms with van der Waals surface area (Å²) in [5.74, 6) is -2.69. The van der Waals surface area contributed by atoms with Crippen molar-refractivity contribution in [3.63, 3.8) is 0 Å². The van der Waals surface area contributed by atoms with Gasteiger partial charge in [-0.3, -0.25) is 9.59 Å². The monoisotopic (exact) mass is 573 g/mol. The van der Waals surface area contributed by atoms with Crippen LogP contribution in [0.1, 0.15) is 28.4 Å². The topological polar surface area (TPSA) is 55.4 Å². The number of nitrogens with one attached hydrogen (secondary N) is 1. The quantitative estimate of drug-likeness (QED) is 0.181. The summed E-state index contributed by atoms with van der Waals surface area (Å²) in [6.07, 6.45) is -4.87. The van der Waals surface area contributed by atoms with E-state index in [9.17, 15) is 27.2 Å². The molecule has 0 bridgehead atoms. The van der Waals surface area contributed by atoms with Crippen molar-refractivity contribution < 1.29 is 31.9 Å². The van der Waals surface area contributed by atoms with E-state index in [1.165, 1.54) is 54.6 Å². The lowest BCUT2D eigenvalue weighted by Crippen LogP contribution is -2.20. The summed E-state index contributed by atoms with van der Waals surface area (Å²) in [5, 5.41) is 2.85. The molecule has 1 aliphatic rings. The van der Waals surface area contributed by atoms with Gasteiger partial charge in [0.15, 0.2) is 5.78 Å². The van der Waals surface area contributed by atoms with Crippen LogP contribution in [0.25, 0.3) is 0 Å². The van der Waals surface area contributed by atoms with Crippen LogP contribution in [0.15, 0.2) is 66.7 Å². The summed E-state index contributed by atoms with van der Waals surface area (Å²) >= 11 is 19.1. The van der Waals surface area contributed by atoms with Gasteiger partial charge < -0.3 is 10.1 Å². The van der Waals surface area contributed by atoms with E-state index in [0.29, 0.717) is 11.1 Å². The molecule has 37 heavy (non-hydrogen) atoms. The van der Waals surface area contributed by atoms with Gasteiger partial charge >= 0.3 is 6.36 Å². The molecule has 1 aliphatic carbocycles. The van der Waals surface area contributed by atoms with E-state index < -0.39 is 39.5 Å². The highest BCUT2D eigenvalue weighted by atomic mass is 35.5. The second kappa shape index (κ2) is 9.82. The first-order valence-corrected chi connectivity index (χ1v) is 12.0. The average molecular weight is 575 g/mol. The Bertz CT molecular complexity index is 1340. The smallest absolute Gasteiger partial charge is 0.406 e. The Balaban J connectivity index is 1.50. The number of rotatable bonds is 7. The molecule has 0 aromatic heterocycles. The van der Waals surface area contributed by atoms with Crippen LogP contribution in [-0.2, 0) is 16.6 Å². The van der Waals surface area contributed by atoms with Gasteiger partial charge in [-0.15, -0.1) is 13.2 Å². The normalized spacial score (nSPS) is 20.3. The van der Waals surface area contributed by atoms with Crippen LogP contribution in [0.2, 0.25) is 5.02 Å². The number of hydrogen-bond donors (Lipinski definition) is 1. The lowest BCUT2D eigenvalue weighted by atomic mass is 9.95. The van der Waals surface area contributed by atoms with Gasteiger partial charge in [0.05, 0.1) is 10.9 Å². The highest BCUT2D eigenvalue weighted by Gasteiger charge is 2.77. The van der Waals surface area contributed by atoms with Gasteiger partial charge in [-0.2, -0.15) is 0 Å². The third-order valence-electron chi connectivity index (χ3n) is 6.31. The minimum Gasteiger partial charge on any atom is -0.406 e. The zero-order valence-corrected chi connectivity index (χ0v) is 21.3. The van der Waals surface area contributed by atoms with Gasteiger partial charge in [-0.05, 0) is 53.6 Å². The number of ketones is 1. The zero-order valence-electron chi connectivity index (χ0n) is 19.0. The fourth-order valence-corrected chi connectivity index (χ4v) is 5.42. The van der Waals surface area contributed by atoms with Crippen molar-refractivity contribution >= 4 is 52.2 Å². The number of hydrogen-bond acceptors (Lipinski definition) is 3. The van der Waals surface area contributed by atoms with Gasteiger partial charge in [-0.1, -0.05) is 66.0 Å². The number of carbonyl (C=O) groups is 2. The molecule has 194 valence electrons. The molecule has 4 rings (SSSR count). The van der Waals surface area contributed by atoms with Crippen molar-refractivity contribution in [2.45, 2.75) is 29.5 Å². The number of carbonyl (C=O) groups excluding carboxylic acids is 2. The molecule has 0 aliphatic heterocycles. The molecular formula is C26H18Cl3F4NO3. The van der Waals surface area contributed by atoms with Crippen LogP contribution < -0.4 is 10.1 Å². The number of ether oxygens (including phenoxy) is 1. The highest BCUT2D eigenvalue weighted by Crippen LogP contribution is 2.69. The van der Waals surface area contributed by atoms with Gasteiger partial charge in [-0.25, -0.2) is 4.39 Å². The van der Waals surface area contributed by atoms with Gasteiger partial charge in [0.25, 0.3) is 0 Å². The maximum atomic E-state index is 13.1. The number of alkyl halides is 5. The van der Waals surface area contributed by atoms with E-state index in [-0.39, 0.29) is 28.5 Å². The molecule has 2 atom stereocenters. The Morgan fingerprint density at radius 2 is 1.62 bits per heavy atom. The van der Waals surface area contributed by atoms with Crippen molar-refractivity contribution in [3.8, 4) is 5.75 Å². The van der Waals surface area contributed by atoms with Crippen LogP contribution in [0, 0.1) is 11.7 Å². The molecule has 1 fully saturated rings. The molecule has 1 N–H and O–H groups in total. The van der Waals surface area contributed by atoms with E-state index >= 15 is 0 Å². The van der Waals surface area contributed by atoms with E-state index in [0.717, 1.165) is 12.1 Å². The minimum atomic E-state index is -4.84. The lowest BCUT2D eigenvalue weighted by Gasteiger charge is -2.14. The Labute approximate surface area is 224 Å². The summed E-state index contributed by atoms with van der Waals surface area (Å²) in [4.78, 5) is 25.9. The second-order valence-corrected chi connectivity index (χ2v) is 10.5. The van der Waals surface area contributed by atoms with Crippen molar-refractivity contribution in [2.24, 2.45) is 5.92 Å². The third kappa shape index (κ3) is 5.56. The maximum Gasteiger partial charge on any atom is 0.573 e. The molecule has 1 amide bonds. The zero-order chi connectivity index (χ0) is 27.2. The van der Waals surface area contributed by atoms with Gasteiger partial charge in [0, 0.05) is 23.1 Å². The molecule has 11 heteroatoms. The van der Waals surface area contributed by atoms with E-state index in [4.69, 9.17) is 34.8 Å². The summed E-state index contributed by atoms with van der Waals surface area (Å²) in [7, 11) is 0. The SMILES string of the molecule is CC1(c2ccc(OC(F)(F)F)cc2)C(C(=O)Nc2ccc(Cl)c(C(=O)Cc3ccc(F)cc3)c2)C1(Cl)Cl. The molecule has 0 saturated heterocycles. The first kappa shape index (κ1) is 27.2. The first-order valence-electron chi connectivity index (χ1n) is 10.8. The molecule has 2 unspecified atom stereocenters. The molecular weight excluding hydrogens is 557 g/mol. The number of Topliss-reactive ketones (excluding diaryl/α,β-unsaturated/α-hetero) is 1. The number of anilines is 1. The third-order valence-corrected chi connectivity index (χ3v) is 7.86. The van der Waals surface area contributed by atoms with Crippen molar-refractivity contribution in [1.29, 1.82) is 0 Å². The number of amides is 1. The van der Waals surface area contributed by atoms with Gasteiger partial charge in [0.2, 0.25) is 5.91 Å². The van der Waals surface area contributed by atoms with Crippen molar-refractivity contribution in [2.75, 3.05) is 5.32 Å². The molecule has 3 aromatic carbocycles. The lowest BCUT2D eigenvalue weighted by molar-refractivity contribution is -0.274. The fraction of sp³-hybridized carbons (Fsp3) is 0.231. The van der Waals surface area contributed by atoms with Gasteiger partial charge in [0.1, 0.15) is 15.9 Å². The number of halogens is 7. The highest BCUT2D eigenvalue weighted by molar-refractivity contribution is 6.54. The number of benzene rings is 3. The standard InChI is InChI=1S/C26H18Cl3F4NO3/c1-24(15-4-9-18(10-5-15)37-26(31,32)33)22(25(24,28)29)23(36)34-17-8-11-20(27)19(13-17)21(35)12-14-2-6-16(30)7-3-14/h2-11,13,22H,12H2,1H3,(H,34,36). The Morgan fingerprint density at radius 1 is 1.00 bits per heavy atom. The molecule has 0 spiro atoms. The molecule has 0 radical (unpaired) electrons. The van der Waals surface area contributed by atoms with Crippen molar-refractivity contribution in [1.82, 2.24) is 0 Å². The Hall–Kier alpha value is -2.81. The largest absolute Gasteiger partial charge is 0.573 e. The summed E-state index contributed by atoms with van der Waals surface area (Å²) in [5.41, 5.74) is 0.351. The fourth-order valence-electron chi connectivity index (χ4n) is 4.23. The van der Waals surface area contributed by atoms with E-state index in [1.807, 2.05) is 0 Å². The Kier molecular flexibility index (Phi) is 7.22. The molecule has 4 nitrogen and oxygen atoms in total. The minimum absolute atomic E-state index is 0.0292. The van der Waals surface area contributed by atoms with Crippen LogP contribution in [0.4, 0.5) is 23.2 Å². The summed E-state index contributed by atoms with van der Waals surface area (Å²) in [6.45, 7) is 1.62. The molecule has 3 aromatic rings. The van der Waals surface area contributed by atoms with Crippen LogP contribution in [-0.4, -0.2) is 22.4 Å². The summed E-state index contributed by atoms with van der Waals surface area (Å²) < 4.78 is 52.8. The second-order valence-electron chi connectivity index (χ2n) is 8.74. The van der Waals surface area contributed by atoms with Crippen LogP contribution in [0.5, 0.6) is 5.75 Å². The molecule has 1 saturated carbocycles. The van der Waals surface area contributed by atoms with E-state index in [1.54, 1.807) is 6.92 Å². The van der Waals surface area contributed by atoms with Crippen LogP contribution in [0.3, 0.4) is 0 Å². The van der Waals surface area contributed by atoms with E-state index in [2.05, 4.69) is 10.1 Å². The predicted octanol–water partition coefficient (Wildman–Crippen LogP) is 7.50. The predicted molar refractivity (Wildman–Crippen MR) is 133 cm³/mol. The Morgan fingerprint density at radius 3 is 2.22 bits per heavy atom. The van der Waals surface area contributed by atoms with Crippen LogP contribution >= 0.6 is 34.8 Å². The van der Waals surface area contributed by atoms with Crippen molar-refractivity contribution in [3.05, 3.63) is 94.3 Å². The summed E-state index contributed by atoms with van der Waals surface area (Å²) in [6, 6.07) is 14.8. The molecule has 0 heterocycles.